The van der Waals surface area contributed by atoms with Gasteiger partial charge in [-0.1, -0.05) is 19.8 Å². The van der Waals surface area contributed by atoms with Gasteiger partial charge in [0.1, 0.15) is 0 Å². The molecule has 1 N–H and O–H groups in total. The number of amides is 1. The van der Waals surface area contributed by atoms with Gasteiger partial charge in [0, 0.05) is 32.2 Å². The van der Waals surface area contributed by atoms with E-state index in [4.69, 9.17) is 0 Å². The highest BCUT2D eigenvalue weighted by Crippen LogP contribution is 2.23. The Kier molecular flexibility index (Phi) is 5.62. The first-order chi connectivity index (χ1) is 9.86. The third-order valence-electron chi connectivity index (χ3n) is 4.63. The Bertz CT molecular complexity index is 458. The molecule has 122 valence electrons. The molecule has 2 aliphatic rings. The van der Waals surface area contributed by atoms with E-state index < -0.39 is 10.0 Å². The second-order valence-electron chi connectivity index (χ2n) is 6.37. The second-order valence-corrected chi connectivity index (χ2v) is 8.36. The zero-order chi connectivity index (χ0) is 15.5. The van der Waals surface area contributed by atoms with E-state index in [2.05, 4.69) is 12.2 Å². The van der Waals surface area contributed by atoms with E-state index in [1.54, 1.807) is 0 Å². The molecule has 0 spiro atoms. The van der Waals surface area contributed by atoms with Crippen LogP contribution >= 0.6 is 0 Å². The summed E-state index contributed by atoms with van der Waals surface area (Å²) in [6, 6.07) is 0.309. The fourth-order valence-electron chi connectivity index (χ4n) is 3.21. The maximum atomic E-state index is 12.1. The molecular formula is C14H27N3O3S. The molecule has 1 aliphatic heterocycles. The molecule has 1 amide bonds. The van der Waals surface area contributed by atoms with Crippen molar-refractivity contribution in [3.05, 3.63) is 0 Å². The van der Waals surface area contributed by atoms with Crippen molar-refractivity contribution in [2.75, 3.05) is 39.0 Å². The smallest absolute Gasteiger partial charge is 0.234 e. The highest BCUT2D eigenvalue weighted by atomic mass is 32.2. The van der Waals surface area contributed by atoms with Crippen LogP contribution in [0.2, 0.25) is 0 Å². The van der Waals surface area contributed by atoms with Gasteiger partial charge in [-0.15, -0.1) is 0 Å². The molecule has 1 heterocycles. The van der Waals surface area contributed by atoms with Crippen molar-refractivity contribution in [1.82, 2.24) is 14.5 Å². The third kappa shape index (κ3) is 4.93. The Morgan fingerprint density at radius 2 is 1.76 bits per heavy atom. The molecule has 7 heteroatoms. The molecule has 0 aromatic carbocycles. The first-order valence-electron chi connectivity index (χ1n) is 7.83. The normalized spacial score (nSPS) is 29.2. The van der Waals surface area contributed by atoms with Gasteiger partial charge in [0.2, 0.25) is 15.9 Å². The topological polar surface area (TPSA) is 69.7 Å². The highest BCUT2D eigenvalue weighted by Gasteiger charge is 2.26. The van der Waals surface area contributed by atoms with Crippen LogP contribution < -0.4 is 5.32 Å². The summed E-state index contributed by atoms with van der Waals surface area (Å²) in [5.41, 5.74) is 0. The van der Waals surface area contributed by atoms with Crippen molar-refractivity contribution >= 4 is 15.9 Å². The van der Waals surface area contributed by atoms with E-state index in [0.717, 1.165) is 6.42 Å². The molecule has 2 rings (SSSR count). The predicted molar refractivity (Wildman–Crippen MR) is 82.4 cm³/mol. The number of carbonyl (C=O) groups excluding carboxylic acids is 1. The number of hydrogen-bond acceptors (Lipinski definition) is 4. The molecule has 0 unspecified atom stereocenters. The van der Waals surface area contributed by atoms with Crippen LogP contribution in [0.1, 0.15) is 32.6 Å². The minimum absolute atomic E-state index is 0.0709. The quantitative estimate of drug-likeness (QED) is 0.807. The molecular weight excluding hydrogens is 290 g/mol. The van der Waals surface area contributed by atoms with E-state index in [9.17, 15) is 13.2 Å². The zero-order valence-electron chi connectivity index (χ0n) is 13.0. The molecule has 0 bridgehead atoms. The number of nitrogens with one attached hydrogen (secondary N) is 1. The van der Waals surface area contributed by atoms with Gasteiger partial charge in [0.05, 0.1) is 12.8 Å². The molecule has 2 atom stereocenters. The lowest BCUT2D eigenvalue weighted by Crippen LogP contribution is -2.52. The van der Waals surface area contributed by atoms with Gasteiger partial charge < -0.3 is 5.32 Å². The summed E-state index contributed by atoms with van der Waals surface area (Å²) >= 11 is 0. The minimum atomic E-state index is -3.10. The Morgan fingerprint density at radius 3 is 2.33 bits per heavy atom. The first kappa shape index (κ1) is 16.7. The van der Waals surface area contributed by atoms with Gasteiger partial charge in [-0.2, -0.15) is 4.31 Å². The maximum Gasteiger partial charge on any atom is 0.234 e. The molecule has 6 nitrogen and oxygen atoms in total. The number of carbonyl (C=O) groups is 1. The number of nitrogens with zero attached hydrogens (tertiary/aromatic N) is 2. The molecule has 1 saturated heterocycles. The SMILES string of the molecule is C[C@H]1CCCC[C@@H]1NC(=O)CN1CCN(S(C)(=O)=O)CC1. The molecule has 2 fully saturated rings. The van der Waals surface area contributed by atoms with Crippen LogP contribution in [0.4, 0.5) is 0 Å². The van der Waals surface area contributed by atoms with Gasteiger partial charge in [-0.25, -0.2) is 8.42 Å². The predicted octanol–water partition coefficient (Wildman–Crippen LogP) is 0.259. The van der Waals surface area contributed by atoms with Gasteiger partial charge in [0.25, 0.3) is 0 Å². The van der Waals surface area contributed by atoms with E-state index >= 15 is 0 Å². The lowest BCUT2D eigenvalue weighted by atomic mass is 9.86. The van der Waals surface area contributed by atoms with Crippen LogP contribution in [-0.2, 0) is 14.8 Å². The first-order valence-corrected chi connectivity index (χ1v) is 9.68. The van der Waals surface area contributed by atoms with Crippen molar-refractivity contribution in [3.8, 4) is 0 Å². The molecule has 0 aromatic heterocycles. The average Bonchev–Trinajstić information content (AvgIpc) is 2.41. The monoisotopic (exact) mass is 317 g/mol. The van der Waals surface area contributed by atoms with E-state index in [0.29, 0.717) is 44.7 Å². The van der Waals surface area contributed by atoms with E-state index in [1.807, 2.05) is 4.90 Å². The van der Waals surface area contributed by atoms with Crippen molar-refractivity contribution in [3.63, 3.8) is 0 Å². The molecule has 0 aromatic rings. The number of sulfonamides is 1. The summed E-state index contributed by atoms with van der Waals surface area (Å²) in [5.74, 6) is 0.631. The van der Waals surface area contributed by atoms with Crippen molar-refractivity contribution < 1.29 is 13.2 Å². The van der Waals surface area contributed by atoms with Crippen LogP contribution in [0.25, 0.3) is 0 Å². The number of hydrogen-bond donors (Lipinski definition) is 1. The summed E-state index contributed by atoms with van der Waals surface area (Å²) in [5, 5.41) is 3.14. The van der Waals surface area contributed by atoms with Gasteiger partial charge in [-0.05, 0) is 18.8 Å². The second kappa shape index (κ2) is 7.07. The van der Waals surface area contributed by atoms with Crippen LogP contribution in [0.3, 0.4) is 0 Å². The Hall–Kier alpha value is -0.660. The van der Waals surface area contributed by atoms with E-state index in [-0.39, 0.29) is 5.91 Å². The summed E-state index contributed by atoms with van der Waals surface area (Å²) in [6.07, 6.45) is 5.97. The van der Waals surface area contributed by atoms with Crippen molar-refractivity contribution in [1.29, 1.82) is 0 Å². The lowest BCUT2D eigenvalue weighted by molar-refractivity contribution is -0.123. The fourth-order valence-corrected chi connectivity index (χ4v) is 4.03. The summed E-state index contributed by atoms with van der Waals surface area (Å²) in [7, 11) is -3.10. The van der Waals surface area contributed by atoms with Gasteiger partial charge >= 0.3 is 0 Å². The molecule has 0 radical (unpaired) electrons. The Morgan fingerprint density at radius 1 is 1.14 bits per heavy atom. The van der Waals surface area contributed by atoms with Crippen molar-refractivity contribution in [2.45, 2.75) is 38.6 Å². The van der Waals surface area contributed by atoms with Crippen LogP contribution in [-0.4, -0.2) is 68.6 Å². The number of piperazine rings is 1. The maximum absolute atomic E-state index is 12.1. The molecule has 1 saturated carbocycles. The average molecular weight is 317 g/mol. The standard InChI is InChI=1S/C14H27N3O3S/c1-12-5-3-4-6-13(12)15-14(18)11-16-7-9-17(10-8-16)21(2,19)20/h12-13H,3-11H2,1-2H3,(H,15,18)/t12-,13-/m0/s1. The van der Waals surface area contributed by atoms with Gasteiger partial charge in [-0.3, -0.25) is 9.69 Å². The van der Waals surface area contributed by atoms with Crippen LogP contribution in [0, 0.1) is 5.92 Å². The Labute approximate surface area is 127 Å². The summed E-state index contributed by atoms with van der Waals surface area (Å²) in [6.45, 7) is 4.79. The van der Waals surface area contributed by atoms with Gasteiger partial charge in [0.15, 0.2) is 0 Å². The fraction of sp³-hybridized carbons (Fsp3) is 0.929. The summed E-state index contributed by atoms with van der Waals surface area (Å²) in [4.78, 5) is 14.2. The molecule has 21 heavy (non-hydrogen) atoms. The summed E-state index contributed by atoms with van der Waals surface area (Å²) < 4.78 is 24.4. The van der Waals surface area contributed by atoms with Crippen LogP contribution in [0.15, 0.2) is 0 Å². The van der Waals surface area contributed by atoms with Crippen molar-refractivity contribution in [2.24, 2.45) is 5.92 Å². The molecule has 1 aliphatic carbocycles. The highest BCUT2D eigenvalue weighted by molar-refractivity contribution is 7.88. The number of rotatable bonds is 4. The van der Waals surface area contributed by atoms with E-state index in [1.165, 1.54) is 29.8 Å². The third-order valence-corrected chi connectivity index (χ3v) is 5.93. The van der Waals surface area contributed by atoms with Crippen LogP contribution in [0.5, 0.6) is 0 Å². The Balaban J connectivity index is 1.74. The zero-order valence-corrected chi connectivity index (χ0v) is 13.9. The minimum Gasteiger partial charge on any atom is -0.352 e. The largest absolute Gasteiger partial charge is 0.352 e. The lowest BCUT2D eigenvalue weighted by Gasteiger charge is -2.34.